The zero-order chi connectivity index (χ0) is 18.2. The number of aryl methyl sites for hydroxylation is 1. The summed E-state index contributed by atoms with van der Waals surface area (Å²) >= 11 is 0. The van der Waals surface area contributed by atoms with E-state index in [1.54, 1.807) is 7.11 Å². The quantitative estimate of drug-likeness (QED) is 0.683. The zero-order valence-electron chi connectivity index (χ0n) is 16.0. The highest BCUT2D eigenvalue weighted by atomic mass is 16.5. The second kappa shape index (κ2) is 9.15. The summed E-state index contributed by atoms with van der Waals surface area (Å²) in [7, 11) is 1.73. The molecule has 0 spiro atoms. The first-order valence-corrected chi connectivity index (χ1v) is 9.55. The number of likely N-dealkylation sites (tertiary alicyclic amines) is 1. The van der Waals surface area contributed by atoms with Crippen molar-refractivity contribution in [3.63, 3.8) is 0 Å². The minimum atomic E-state index is 0.237. The summed E-state index contributed by atoms with van der Waals surface area (Å²) in [5, 5.41) is 0. The van der Waals surface area contributed by atoms with Crippen LogP contribution in [0.15, 0.2) is 48.8 Å². The monoisotopic (exact) mass is 354 g/mol. The van der Waals surface area contributed by atoms with Crippen LogP contribution in [0.5, 0.6) is 5.75 Å². The maximum absolute atomic E-state index is 5.89. The van der Waals surface area contributed by atoms with Gasteiger partial charge in [0.2, 0.25) is 0 Å². The average molecular weight is 354 g/mol. The number of nitrogens with zero attached hydrogens (tertiary/aromatic N) is 2. The highest BCUT2D eigenvalue weighted by molar-refractivity contribution is 5.28. The zero-order valence-corrected chi connectivity index (χ0v) is 16.0. The fourth-order valence-electron chi connectivity index (χ4n) is 3.86. The molecule has 4 heteroatoms. The smallest absolute Gasteiger partial charge is 0.119 e. The highest BCUT2D eigenvalue weighted by Crippen LogP contribution is 2.36. The molecule has 0 saturated carbocycles. The molecule has 2 heterocycles. The summed E-state index contributed by atoms with van der Waals surface area (Å²) in [5.74, 6) is 0.936. The van der Waals surface area contributed by atoms with Gasteiger partial charge in [0.15, 0.2) is 0 Å². The summed E-state index contributed by atoms with van der Waals surface area (Å²) in [6.45, 7) is 6.89. The molecule has 0 amide bonds. The van der Waals surface area contributed by atoms with E-state index in [9.17, 15) is 0 Å². The highest BCUT2D eigenvalue weighted by Gasteiger charge is 2.37. The van der Waals surface area contributed by atoms with E-state index in [0.717, 1.165) is 51.4 Å². The normalized spacial score (nSPS) is 20.4. The van der Waals surface area contributed by atoms with Crippen molar-refractivity contribution in [2.45, 2.75) is 32.7 Å². The van der Waals surface area contributed by atoms with E-state index in [1.807, 2.05) is 24.5 Å². The molecule has 0 aliphatic carbocycles. The van der Waals surface area contributed by atoms with Crippen LogP contribution in [0, 0.1) is 5.41 Å². The van der Waals surface area contributed by atoms with Gasteiger partial charge in [-0.15, -0.1) is 0 Å². The van der Waals surface area contributed by atoms with Gasteiger partial charge in [-0.1, -0.05) is 18.2 Å². The molecule has 0 N–H and O–H groups in total. The van der Waals surface area contributed by atoms with E-state index < -0.39 is 0 Å². The van der Waals surface area contributed by atoms with Crippen LogP contribution in [0.1, 0.15) is 30.9 Å². The summed E-state index contributed by atoms with van der Waals surface area (Å²) in [6, 6.07) is 12.6. The summed E-state index contributed by atoms with van der Waals surface area (Å²) < 4.78 is 11.3. The van der Waals surface area contributed by atoms with Crippen molar-refractivity contribution in [3.8, 4) is 5.75 Å². The van der Waals surface area contributed by atoms with Crippen molar-refractivity contribution in [3.05, 3.63) is 59.9 Å². The lowest BCUT2D eigenvalue weighted by atomic mass is 9.82. The minimum absolute atomic E-state index is 0.237. The van der Waals surface area contributed by atoms with E-state index in [4.69, 9.17) is 9.47 Å². The number of hydrogen-bond acceptors (Lipinski definition) is 4. The fraction of sp³-hybridized carbons (Fsp3) is 0.500. The lowest BCUT2D eigenvalue weighted by Crippen LogP contribution is -2.32. The molecule has 1 aliphatic rings. The molecule has 0 radical (unpaired) electrons. The Morgan fingerprint density at radius 3 is 2.85 bits per heavy atom. The van der Waals surface area contributed by atoms with E-state index in [2.05, 4.69) is 41.1 Å². The molecule has 1 atom stereocenters. The molecule has 4 nitrogen and oxygen atoms in total. The van der Waals surface area contributed by atoms with Crippen molar-refractivity contribution in [1.29, 1.82) is 0 Å². The van der Waals surface area contributed by atoms with Crippen LogP contribution in [0.4, 0.5) is 0 Å². The van der Waals surface area contributed by atoms with Crippen molar-refractivity contribution in [2.75, 3.05) is 33.4 Å². The van der Waals surface area contributed by atoms with Gasteiger partial charge in [-0.3, -0.25) is 9.88 Å². The first kappa shape index (κ1) is 18.9. The number of methoxy groups -OCH3 is 1. The average Bonchev–Trinajstić information content (AvgIpc) is 3.09. The Labute approximate surface area is 157 Å². The van der Waals surface area contributed by atoms with Crippen LogP contribution < -0.4 is 4.74 Å². The van der Waals surface area contributed by atoms with Crippen molar-refractivity contribution >= 4 is 0 Å². The molecule has 1 aromatic carbocycles. The molecular formula is C22H30N2O2. The third kappa shape index (κ3) is 5.05. The van der Waals surface area contributed by atoms with Crippen LogP contribution in [0.3, 0.4) is 0 Å². The third-order valence-electron chi connectivity index (χ3n) is 5.34. The Morgan fingerprint density at radius 1 is 1.19 bits per heavy atom. The van der Waals surface area contributed by atoms with Crippen molar-refractivity contribution in [2.24, 2.45) is 5.41 Å². The number of aromatic nitrogens is 1. The largest absolute Gasteiger partial charge is 0.497 e. The lowest BCUT2D eigenvalue weighted by molar-refractivity contribution is 0.0489. The Bertz CT molecular complexity index is 677. The minimum Gasteiger partial charge on any atom is -0.497 e. The molecule has 140 valence electrons. The van der Waals surface area contributed by atoms with Crippen molar-refractivity contribution in [1.82, 2.24) is 9.88 Å². The molecule has 1 fully saturated rings. The van der Waals surface area contributed by atoms with Gasteiger partial charge >= 0.3 is 0 Å². The third-order valence-corrected chi connectivity index (χ3v) is 5.34. The van der Waals surface area contributed by atoms with Gasteiger partial charge in [0.25, 0.3) is 0 Å². The first-order chi connectivity index (χ1) is 12.7. The Balaban J connectivity index is 1.63. The summed E-state index contributed by atoms with van der Waals surface area (Å²) in [6.07, 6.45) is 7.20. The molecule has 0 unspecified atom stereocenters. The van der Waals surface area contributed by atoms with E-state index >= 15 is 0 Å². The predicted molar refractivity (Wildman–Crippen MR) is 104 cm³/mol. The van der Waals surface area contributed by atoms with Gasteiger partial charge in [0, 0.05) is 37.5 Å². The van der Waals surface area contributed by atoms with Gasteiger partial charge in [-0.2, -0.15) is 0 Å². The second-order valence-electron chi connectivity index (χ2n) is 7.31. The van der Waals surface area contributed by atoms with Gasteiger partial charge < -0.3 is 9.47 Å². The number of ether oxygens (including phenoxy) is 2. The number of rotatable bonds is 9. The molecule has 3 rings (SSSR count). The molecule has 26 heavy (non-hydrogen) atoms. The van der Waals surface area contributed by atoms with E-state index in [-0.39, 0.29) is 5.41 Å². The van der Waals surface area contributed by atoms with Crippen LogP contribution in [0.2, 0.25) is 0 Å². The fourth-order valence-corrected chi connectivity index (χ4v) is 3.86. The number of benzene rings is 1. The topological polar surface area (TPSA) is 34.6 Å². The predicted octanol–water partition coefficient (Wildman–Crippen LogP) is 3.95. The van der Waals surface area contributed by atoms with Gasteiger partial charge in [-0.25, -0.2) is 0 Å². The molecular weight excluding hydrogens is 324 g/mol. The Hall–Kier alpha value is -1.91. The van der Waals surface area contributed by atoms with Crippen LogP contribution in [-0.2, 0) is 17.7 Å². The van der Waals surface area contributed by atoms with Gasteiger partial charge in [-0.05, 0) is 62.1 Å². The summed E-state index contributed by atoms with van der Waals surface area (Å²) in [4.78, 5) is 6.79. The van der Waals surface area contributed by atoms with E-state index in [0.29, 0.717) is 0 Å². The molecule has 2 aromatic rings. The lowest BCUT2D eigenvalue weighted by Gasteiger charge is -2.29. The maximum atomic E-state index is 5.89. The number of hydrogen-bond donors (Lipinski definition) is 0. The van der Waals surface area contributed by atoms with Crippen LogP contribution in [0.25, 0.3) is 0 Å². The molecule has 0 bridgehead atoms. The Kier molecular flexibility index (Phi) is 6.64. The SMILES string of the molecule is CCOC[C@@]1(CCc2cccc(OC)c2)CCN(Cc2cccnc2)C1. The second-order valence-corrected chi connectivity index (χ2v) is 7.31. The maximum Gasteiger partial charge on any atom is 0.119 e. The standard InChI is InChI=1S/C22H30N2O2/c1-3-26-18-22(10-9-19-6-4-8-21(14-19)25-2)11-13-24(17-22)16-20-7-5-12-23-15-20/h4-8,12,14-15H,3,9-11,13,16-18H2,1-2H3/t22-/m0/s1. The van der Waals surface area contributed by atoms with Gasteiger partial charge in [0.1, 0.15) is 5.75 Å². The first-order valence-electron chi connectivity index (χ1n) is 9.55. The van der Waals surface area contributed by atoms with Gasteiger partial charge in [0.05, 0.1) is 13.7 Å². The van der Waals surface area contributed by atoms with Crippen LogP contribution >= 0.6 is 0 Å². The molecule has 1 saturated heterocycles. The molecule has 1 aromatic heterocycles. The Morgan fingerprint density at radius 2 is 2.08 bits per heavy atom. The van der Waals surface area contributed by atoms with Crippen molar-refractivity contribution < 1.29 is 9.47 Å². The van der Waals surface area contributed by atoms with Crippen LogP contribution in [-0.4, -0.2) is 43.3 Å². The summed E-state index contributed by atoms with van der Waals surface area (Å²) in [5.41, 5.74) is 2.86. The number of pyridine rings is 1. The molecule has 1 aliphatic heterocycles. The van der Waals surface area contributed by atoms with E-state index in [1.165, 1.54) is 17.5 Å².